The summed E-state index contributed by atoms with van der Waals surface area (Å²) in [6, 6.07) is 26.4. The highest BCUT2D eigenvalue weighted by molar-refractivity contribution is 6.31. The standard InChI is InChI=1S/C30H27ClN2O4/c1-19-16-24(13-14-26(19)31)37-18-21-17-20(8-15-28(21)36-3)29-32-27-7-5-4-6-25(27)30(34)33(29)22-9-11-23(35-2)12-10-22/h4-17,29,32H,18H2,1-3H3. The van der Waals surface area contributed by atoms with Gasteiger partial charge in [-0.1, -0.05) is 29.8 Å². The third-order valence-electron chi connectivity index (χ3n) is 6.42. The van der Waals surface area contributed by atoms with Crippen molar-refractivity contribution in [3.63, 3.8) is 0 Å². The molecule has 7 heteroatoms. The number of hydrogen-bond donors (Lipinski definition) is 1. The first-order chi connectivity index (χ1) is 18.0. The van der Waals surface area contributed by atoms with E-state index in [1.54, 1.807) is 19.1 Å². The number of amides is 1. The van der Waals surface area contributed by atoms with Crippen LogP contribution in [0.3, 0.4) is 0 Å². The fraction of sp³-hybridized carbons (Fsp3) is 0.167. The van der Waals surface area contributed by atoms with Gasteiger partial charge in [0.15, 0.2) is 0 Å². The third-order valence-corrected chi connectivity index (χ3v) is 6.85. The van der Waals surface area contributed by atoms with Crippen molar-refractivity contribution in [2.45, 2.75) is 19.7 Å². The Balaban J connectivity index is 1.52. The van der Waals surface area contributed by atoms with Crippen LogP contribution in [0.4, 0.5) is 11.4 Å². The van der Waals surface area contributed by atoms with E-state index < -0.39 is 6.17 Å². The number of ether oxygens (including phenoxy) is 3. The van der Waals surface area contributed by atoms with Crippen LogP contribution in [0.15, 0.2) is 84.9 Å². The van der Waals surface area contributed by atoms with E-state index in [0.29, 0.717) is 22.1 Å². The molecule has 0 fully saturated rings. The zero-order valence-electron chi connectivity index (χ0n) is 20.8. The summed E-state index contributed by atoms with van der Waals surface area (Å²) in [5.74, 6) is 2.05. The van der Waals surface area contributed by atoms with Gasteiger partial charge in [0.25, 0.3) is 5.91 Å². The first-order valence-corrected chi connectivity index (χ1v) is 12.2. The maximum atomic E-state index is 13.7. The summed E-state index contributed by atoms with van der Waals surface area (Å²) in [6.07, 6.45) is -0.446. The fourth-order valence-electron chi connectivity index (χ4n) is 4.45. The second kappa shape index (κ2) is 10.4. The van der Waals surface area contributed by atoms with Crippen LogP contribution in [0.5, 0.6) is 17.2 Å². The van der Waals surface area contributed by atoms with Crippen LogP contribution in [0, 0.1) is 6.92 Å². The predicted molar refractivity (Wildman–Crippen MR) is 146 cm³/mol. The summed E-state index contributed by atoms with van der Waals surface area (Å²) in [5.41, 5.74) is 4.85. The monoisotopic (exact) mass is 514 g/mol. The van der Waals surface area contributed by atoms with E-state index >= 15 is 0 Å². The van der Waals surface area contributed by atoms with Gasteiger partial charge in [0.05, 0.1) is 19.8 Å². The lowest BCUT2D eigenvalue weighted by molar-refractivity contribution is 0.0975. The van der Waals surface area contributed by atoms with Crippen molar-refractivity contribution in [2.75, 3.05) is 24.4 Å². The zero-order valence-corrected chi connectivity index (χ0v) is 21.6. The number of nitrogens with one attached hydrogen (secondary N) is 1. The summed E-state index contributed by atoms with van der Waals surface area (Å²) in [7, 11) is 3.25. The molecule has 4 aromatic rings. The van der Waals surface area contributed by atoms with Gasteiger partial charge in [0.2, 0.25) is 0 Å². The Morgan fingerprint density at radius 1 is 0.892 bits per heavy atom. The van der Waals surface area contributed by atoms with E-state index in [1.165, 1.54) is 0 Å². The van der Waals surface area contributed by atoms with Crippen LogP contribution in [0.25, 0.3) is 0 Å². The molecule has 1 heterocycles. The Labute approximate surface area is 221 Å². The minimum absolute atomic E-state index is 0.0882. The van der Waals surface area contributed by atoms with Gasteiger partial charge in [0.1, 0.15) is 30.0 Å². The van der Waals surface area contributed by atoms with Crippen molar-refractivity contribution in [1.82, 2.24) is 0 Å². The number of hydrogen-bond acceptors (Lipinski definition) is 5. The topological polar surface area (TPSA) is 60.0 Å². The lowest BCUT2D eigenvalue weighted by Crippen LogP contribution is -2.43. The molecule has 6 nitrogen and oxygen atoms in total. The summed E-state index contributed by atoms with van der Waals surface area (Å²) in [6.45, 7) is 2.23. The molecule has 1 unspecified atom stereocenters. The van der Waals surface area contributed by atoms with Crippen LogP contribution in [0.1, 0.15) is 33.2 Å². The Morgan fingerprint density at radius 2 is 1.65 bits per heavy atom. The minimum atomic E-state index is -0.446. The van der Waals surface area contributed by atoms with Crippen molar-refractivity contribution >= 4 is 28.9 Å². The van der Waals surface area contributed by atoms with Crippen molar-refractivity contribution in [3.8, 4) is 17.2 Å². The Morgan fingerprint density at radius 3 is 2.38 bits per heavy atom. The number of fused-ring (bicyclic) bond motifs is 1. The van der Waals surface area contributed by atoms with Crippen molar-refractivity contribution < 1.29 is 19.0 Å². The van der Waals surface area contributed by atoms with Crippen LogP contribution in [0.2, 0.25) is 5.02 Å². The summed E-state index contributed by atoms with van der Waals surface area (Å²) in [4.78, 5) is 15.5. The number of halogens is 1. The average Bonchev–Trinajstić information content (AvgIpc) is 2.93. The Kier molecular flexibility index (Phi) is 6.93. The number of benzene rings is 4. The Hall–Kier alpha value is -4.16. The second-order valence-corrected chi connectivity index (χ2v) is 9.14. The van der Waals surface area contributed by atoms with Gasteiger partial charge in [-0.3, -0.25) is 9.69 Å². The van der Waals surface area contributed by atoms with Crippen molar-refractivity contribution in [2.24, 2.45) is 0 Å². The predicted octanol–water partition coefficient (Wildman–Crippen LogP) is 7.02. The average molecular weight is 515 g/mol. The van der Waals surface area contributed by atoms with Crippen LogP contribution < -0.4 is 24.4 Å². The summed E-state index contributed by atoms with van der Waals surface area (Å²) < 4.78 is 17.0. The minimum Gasteiger partial charge on any atom is -0.497 e. The number of carbonyl (C=O) groups excluding carboxylic acids is 1. The molecule has 1 N–H and O–H groups in total. The summed E-state index contributed by atoms with van der Waals surface area (Å²) >= 11 is 6.16. The molecule has 1 atom stereocenters. The quantitative estimate of drug-likeness (QED) is 0.287. The van der Waals surface area contributed by atoms with Crippen molar-refractivity contribution in [1.29, 1.82) is 0 Å². The number of para-hydroxylation sites is 1. The molecule has 0 aliphatic carbocycles. The van der Waals surface area contributed by atoms with E-state index in [0.717, 1.165) is 33.8 Å². The lowest BCUT2D eigenvalue weighted by atomic mass is 10.0. The second-order valence-electron chi connectivity index (χ2n) is 8.74. The normalized spacial score (nSPS) is 14.5. The van der Waals surface area contributed by atoms with E-state index in [4.69, 9.17) is 25.8 Å². The molecule has 0 spiro atoms. The molecule has 4 aromatic carbocycles. The molecule has 0 aromatic heterocycles. The first kappa shape index (κ1) is 24.5. The molecule has 0 saturated carbocycles. The SMILES string of the molecule is COc1ccc(N2C(=O)c3ccccc3NC2c2ccc(OC)c(COc3ccc(Cl)c(C)c3)c2)cc1. The summed E-state index contributed by atoms with van der Waals surface area (Å²) in [5, 5.41) is 4.24. The molecule has 37 heavy (non-hydrogen) atoms. The Bertz CT molecular complexity index is 1440. The molecular formula is C30H27ClN2O4. The third kappa shape index (κ3) is 4.93. The van der Waals surface area contributed by atoms with Crippen LogP contribution in [-0.4, -0.2) is 20.1 Å². The molecule has 5 rings (SSSR count). The molecule has 1 aliphatic heterocycles. The van der Waals surface area contributed by atoms with E-state index in [9.17, 15) is 4.79 Å². The number of carbonyl (C=O) groups is 1. The van der Waals surface area contributed by atoms with E-state index in [1.807, 2.05) is 91.9 Å². The molecule has 188 valence electrons. The van der Waals surface area contributed by atoms with Gasteiger partial charge in [0, 0.05) is 22.0 Å². The number of anilines is 2. The van der Waals surface area contributed by atoms with Gasteiger partial charge < -0.3 is 19.5 Å². The maximum absolute atomic E-state index is 13.7. The maximum Gasteiger partial charge on any atom is 0.262 e. The first-order valence-electron chi connectivity index (χ1n) is 11.9. The molecule has 0 saturated heterocycles. The zero-order chi connectivity index (χ0) is 25.9. The highest BCUT2D eigenvalue weighted by atomic mass is 35.5. The van der Waals surface area contributed by atoms with E-state index in [2.05, 4.69) is 5.32 Å². The van der Waals surface area contributed by atoms with Gasteiger partial charge >= 0.3 is 0 Å². The lowest BCUT2D eigenvalue weighted by Gasteiger charge is -2.38. The van der Waals surface area contributed by atoms with Crippen LogP contribution in [-0.2, 0) is 6.61 Å². The molecule has 0 bridgehead atoms. The largest absolute Gasteiger partial charge is 0.497 e. The number of nitrogens with zero attached hydrogens (tertiary/aromatic N) is 1. The number of rotatable bonds is 7. The number of aryl methyl sites for hydroxylation is 1. The fourth-order valence-corrected chi connectivity index (χ4v) is 4.56. The molecule has 1 amide bonds. The number of methoxy groups -OCH3 is 2. The van der Waals surface area contributed by atoms with Crippen LogP contribution >= 0.6 is 11.6 Å². The van der Waals surface area contributed by atoms with Gasteiger partial charge in [-0.05, 0) is 84.8 Å². The molecule has 1 aliphatic rings. The van der Waals surface area contributed by atoms with Crippen molar-refractivity contribution in [3.05, 3.63) is 112 Å². The van der Waals surface area contributed by atoms with Gasteiger partial charge in [-0.2, -0.15) is 0 Å². The van der Waals surface area contributed by atoms with E-state index in [-0.39, 0.29) is 12.5 Å². The van der Waals surface area contributed by atoms with Gasteiger partial charge in [-0.15, -0.1) is 0 Å². The molecule has 0 radical (unpaired) electrons. The molecular weight excluding hydrogens is 488 g/mol. The highest BCUT2D eigenvalue weighted by Crippen LogP contribution is 2.38. The smallest absolute Gasteiger partial charge is 0.262 e. The van der Waals surface area contributed by atoms with Gasteiger partial charge in [-0.25, -0.2) is 0 Å². The highest BCUT2D eigenvalue weighted by Gasteiger charge is 2.34.